The van der Waals surface area contributed by atoms with Gasteiger partial charge in [-0.1, -0.05) is 0 Å². The van der Waals surface area contributed by atoms with Crippen LogP contribution in [0.3, 0.4) is 0 Å². The Morgan fingerprint density at radius 1 is 0.750 bits per heavy atom. The van der Waals surface area contributed by atoms with E-state index in [0.29, 0.717) is 0 Å². The van der Waals surface area contributed by atoms with Crippen molar-refractivity contribution in [2.45, 2.75) is 0 Å². The Morgan fingerprint density at radius 2 is 0.750 bits per heavy atom. The molecule has 30 valence electrons. The average Bonchev–Trinajstić information content (AvgIpc) is 0. The maximum absolute atomic E-state index is 0. The fourth-order valence-electron chi connectivity index (χ4n) is 0. The summed E-state index contributed by atoms with van der Waals surface area (Å²) in [6.45, 7) is 0. The van der Waals surface area contributed by atoms with Gasteiger partial charge in [0, 0.05) is 0 Å². The summed E-state index contributed by atoms with van der Waals surface area (Å²) in [6, 6.07) is 0. The molecule has 0 aromatic rings. The third-order valence-corrected chi connectivity index (χ3v) is 0. The molecule has 0 heterocycles. The molecule has 0 atom stereocenters. The van der Waals surface area contributed by atoms with Gasteiger partial charge in [-0.25, -0.2) is 0 Å². The number of hydrogen-bond donors (Lipinski definition) is 0. The first-order valence-electron chi connectivity index (χ1n) is 0. The van der Waals surface area contributed by atoms with E-state index < -0.39 is 0 Å². The Labute approximate surface area is 47.8 Å². The van der Waals surface area contributed by atoms with Crippen LogP contribution < -0.4 is 24.8 Å². The topological polar surface area (TPSA) is 31.5 Å². The predicted molar refractivity (Wildman–Crippen MR) is 3.61 cm³/mol. The van der Waals surface area contributed by atoms with Crippen LogP contribution in [0.4, 0.5) is 0 Å². The molecule has 0 aromatic heterocycles. The summed E-state index contributed by atoms with van der Waals surface area (Å²) in [4.78, 5) is 0. The molecule has 0 aliphatic rings. The van der Waals surface area contributed by atoms with Crippen molar-refractivity contribution in [1.82, 2.24) is 0 Å². The van der Waals surface area contributed by atoms with Crippen LogP contribution in [0.5, 0.6) is 0 Å². The fourth-order valence-corrected chi connectivity index (χ4v) is 0. The van der Waals surface area contributed by atoms with Crippen molar-refractivity contribution in [3.8, 4) is 0 Å². The van der Waals surface area contributed by atoms with E-state index in [-0.39, 0.29) is 47.4 Å². The van der Waals surface area contributed by atoms with Crippen molar-refractivity contribution >= 4 is 0 Å². The minimum Gasteiger partial charge on any atom is -1.00 e. The van der Waals surface area contributed by atoms with E-state index in [9.17, 15) is 0 Å². The first kappa shape index (κ1) is 74.3. The molecule has 0 aliphatic carbocycles. The molecular weight excluding hydrogens is 143 g/mol. The number of rotatable bonds is 0. The van der Waals surface area contributed by atoms with E-state index >= 15 is 0 Å². The van der Waals surface area contributed by atoms with Crippen molar-refractivity contribution in [1.29, 1.82) is 0 Å². The Hall–Kier alpha value is 1.06. The molecule has 0 spiro atoms. The van der Waals surface area contributed by atoms with E-state index in [1.807, 2.05) is 0 Å². The number of halogens is 2. The van der Waals surface area contributed by atoms with Gasteiger partial charge in [0.1, 0.15) is 0 Å². The van der Waals surface area contributed by atoms with Crippen LogP contribution in [0.25, 0.3) is 0 Å². The van der Waals surface area contributed by atoms with E-state index in [0.717, 1.165) is 0 Å². The van der Waals surface area contributed by atoms with Crippen molar-refractivity contribution in [3.05, 3.63) is 0 Å². The van der Waals surface area contributed by atoms with Gasteiger partial charge in [-0.05, 0) is 0 Å². The third kappa shape index (κ3) is 11.6. The summed E-state index contributed by atoms with van der Waals surface area (Å²) in [5.41, 5.74) is 0. The van der Waals surface area contributed by atoms with Gasteiger partial charge in [-0.2, -0.15) is 0 Å². The molecule has 4 heavy (non-hydrogen) atoms. The van der Waals surface area contributed by atoms with Gasteiger partial charge in [0.05, 0.1) is 0 Å². The van der Waals surface area contributed by atoms with Crippen LogP contribution in [-0.2, 0) is 17.1 Å². The molecule has 0 aliphatic heterocycles. The van der Waals surface area contributed by atoms with E-state index in [1.165, 1.54) is 0 Å². The van der Waals surface area contributed by atoms with Crippen molar-refractivity contribution in [2.24, 2.45) is 0 Å². The Bertz CT molecular complexity index is 6.00. The van der Waals surface area contributed by atoms with Crippen LogP contribution in [0.15, 0.2) is 0 Å². The molecule has 0 saturated heterocycles. The van der Waals surface area contributed by atoms with Crippen molar-refractivity contribution < 1.29 is 47.4 Å². The van der Waals surface area contributed by atoms with Crippen LogP contribution >= 0.6 is 0 Å². The minimum atomic E-state index is 0. The first-order chi connectivity index (χ1) is 0. The summed E-state index contributed by atoms with van der Waals surface area (Å²) in [7, 11) is 0. The molecule has 0 rings (SSSR count). The van der Waals surface area contributed by atoms with Gasteiger partial charge < -0.3 is 30.3 Å². The fraction of sp³-hybridized carbons (Fsp3) is 0. The molecule has 0 fully saturated rings. The van der Waals surface area contributed by atoms with Crippen LogP contribution in [-0.4, -0.2) is 5.48 Å². The average molecular weight is 145 g/mol. The van der Waals surface area contributed by atoms with Crippen molar-refractivity contribution in [2.75, 3.05) is 0 Å². The molecule has 4 heteroatoms. The maximum atomic E-state index is 0. The molecule has 0 radical (unpaired) electrons. The van der Waals surface area contributed by atoms with Crippen LogP contribution in [0, 0.1) is 0 Å². The smallest absolute Gasteiger partial charge is 1.00 e. The Morgan fingerprint density at radius 3 is 0.750 bits per heavy atom. The minimum absolute atomic E-state index is 0. The molecule has 0 unspecified atom stereocenters. The Balaban J connectivity index is 0. The molecule has 0 bridgehead atoms. The Kier molecular flexibility index (Phi) is 629. The zero-order chi connectivity index (χ0) is 0. The second-order valence-corrected chi connectivity index (χ2v) is 0. The van der Waals surface area contributed by atoms with E-state index in [1.54, 1.807) is 0 Å². The summed E-state index contributed by atoms with van der Waals surface area (Å²) in [5.74, 6) is 0. The SMILES string of the molecule is O.[Cl-].[Cl-].[Fe+2]. The molecule has 0 amide bonds. The van der Waals surface area contributed by atoms with Gasteiger partial charge in [0.15, 0.2) is 0 Å². The monoisotopic (exact) mass is 144 g/mol. The zero-order valence-electron chi connectivity index (χ0n) is 1.61. The molecule has 1 nitrogen and oxygen atoms in total. The standard InChI is InChI=1S/2ClH.Fe.H2O/h2*1H;;1H2/q;;+2;/p-2. The van der Waals surface area contributed by atoms with Gasteiger partial charge in [0.25, 0.3) is 0 Å². The largest absolute Gasteiger partial charge is 2.00 e. The summed E-state index contributed by atoms with van der Waals surface area (Å²) in [5, 5.41) is 0. The molecule has 0 aromatic carbocycles. The quantitative estimate of drug-likeness (QED) is 0.303. The molecule has 0 saturated carbocycles. The van der Waals surface area contributed by atoms with Crippen molar-refractivity contribution in [3.63, 3.8) is 0 Å². The second kappa shape index (κ2) is 33.9. The number of hydrogen-bond acceptors (Lipinski definition) is 0. The maximum Gasteiger partial charge on any atom is 2.00 e. The zero-order valence-corrected chi connectivity index (χ0v) is 4.23. The van der Waals surface area contributed by atoms with Gasteiger partial charge in [-0.3, -0.25) is 0 Å². The summed E-state index contributed by atoms with van der Waals surface area (Å²) >= 11 is 0. The molecular formula is H2Cl2FeO. The van der Waals surface area contributed by atoms with E-state index in [2.05, 4.69) is 0 Å². The molecule has 2 N–H and O–H groups in total. The third-order valence-electron chi connectivity index (χ3n) is 0. The van der Waals surface area contributed by atoms with E-state index in [4.69, 9.17) is 0 Å². The normalized spacial score (nSPS) is 0. The predicted octanol–water partition coefficient (Wildman–Crippen LogP) is -6.82. The first-order valence-corrected chi connectivity index (χ1v) is 0. The summed E-state index contributed by atoms with van der Waals surface area (Å²) < 4.78 is 0. The van der Waals surface area contributed by atoms with Crippen LogP contribution in [0.1, 0.15) is 0 Å². The van der Waals surface area contributed by atoms with Crippen LogP contribution in [0.2, 0.25) is 0 Å². The second-order valence-electron chi connectivity index (χ2n) is 0. The van der Waals surface area contributed by atoms with Gasteiger partial charge >= 0.3 is 17.1 Å². The van der Waals surface area contributed by atoms with Gasteiger partial charge in [0.2, 0.25) is 0 Å². The summed E-state index contributed by atoms with van der Waals surface area (Å²) in [6.07, 6.45) is 0. The van der Waals surface area contributed by atoms with Gasteiger partial charge in [-0.15, -0.1) is 0 Å².